The molecule has 31 heavy (non-hydrogen) atoms. The third-order valence-electron chi connectivity index (χ3n) is 5.58. The minimum Gasteiger partial charge on any atom is -0.380 e. The van der Waals surface area contributed by atoms with Gasteiger partial charge in [-0.25, -0.2) is 0 Å². The van der Waals surface area contributed by atoms with Crippen molar-refractivity contribution < 1.29 is 19.1 Å². The standard InChI is InChI=1S/C24H21N3O4/c1-30-11-13-3-5-15-17(9-25-19(15)7-13)21-22(24(29)27-23(21)28)18-10-26-20-8-14(12-31-2)4-6-16(18)20/h3-10,25-26H,11-12H2,1-2H3,(H,27,28,29). The Morgan fingerprint density at radius 1 is 0.710 bits per heavy atom. The normalized spacial score (nSPS) is 14.3. The average Bonchev–Trinajstić information content (AvgIpc) is 3.42. The summed E-state index contributed by atoms with van der Waals surface area (Å²) in [5, 5.41) is 4.22. The highest BCUT2D eigenvalue weighted by molar-refractivity contribution is 6.50. The maximum absolute atomic E-state index is 12.8. The van der Waals surface area contributed by atoms with E-state index in [9.17, 15) is 9.59 Å². The summed E-state index contributed by atoms with van der Waals surface area (Å²) in [5.41, 5.74) is 5.94. The molecule has 0 aliphatic carbocycles. The molecule has 0 atom stereocenters. The van der Waals surface area contributed by atoms with Crippen LogP contribution in [-0.2, 0) is 32.3 Å². The largest absolute Gasteiger partial charge is 0.380 e. The van der Waals surface area contributed by atoms with Gasteiger partial charge in [0.1, 0.15) is 0 Å². The molecule has 4 aromatic rings. The molecule has 2 aromatic heterocycles. The zero-order valence-corrected chi connectivity index (χ0v) is 17.2. The summed E-state index contributed by atoms with van der Waals surface area (Å²) < 4.78 is 10.4. The molecule has 0 spiro atoms. The molecule has 2 aromatic carbocycles. The molecule has 2 amide bonds. The number of methoxy groups -OCH3 is 2. The number of imide groups is 1. The fourth-order valence-corrected chi connectivity index (χ4v) is 4.24. The molecule has 0 radical (unpaired) electrons. The first-order valence-electron chi connectivity index (χ1n) is 9.89. The van der Waals surface area contributed by atoms with Crippen LogP contribution in [0, 0.1) is 0 Å². The maximum Gasteiger partial charge on any atom is 0.259 e. The SMILES string of the molecule is COCc1ccc2c(C3=C(c4c[nH]c5cc(COC)ccc45)C(=O)NC3=O)c[nH]c2c1. The number of rotatable bonds is 6. The Hall–Kier alpha value is -3.68. The number of H-pyrrole nitrogens is 2. The molecule has 0 saturated heterocycles. The van der Waals surface area contributed by atoms with Crippen LogP contribution in [0.3, 0.4) is 0 Å². The molecule has 5 rings (SSSR count). The van der Waals surface area contributed by atoms with Crippen LogP contribution in [0.25, 0.3) is 33.0 Å². The van der Waals surface area contributed by atoms with Gasteiger partial charge in [-0.2, -0.15) is 0 Å². The first kappa shape index (κ1) is 19.3. The van der Waals surface area contributed by atoms with Gasteiger partial charge in [-0.15, -0.1) is 0 Å². The lowest BCUT2D eigenvalue weighted by molar-refractivity contribution is -0.122. The molecule has 0 unspecified atom stereocenters. The number of hydrogen-bond acceptors (Lipinski definition) is 4. The number of aromatic amines is 2. The number of hydrogen-bond donors (Lipinski definition) is 3. The molecular formula is C24H21N3O4. The lowest BCUT2D eigenvalue weighted by Crippen LogP contribution is -2.22. The predicted molar refractivity (Wildman–Crippen MR) is 118 cm³/mol. The Balaban J connectivity index is 1.69. The van der Waals surface area contributed by atoms with Crippen molar-refractivity contribution in [3.05, 3.63) is 71.0 Å². The zero-order chi connectivity index (χ0) is 21.5. The van der Waals surface area contributed by atoms with Crippen LogP contribution in [0.2, 0.25) is 0 Å². The van der Waals surface area contributed by atoms with Crippen LogP contribution < -0.4 is 5.32 Å². The molecule has 3 N–H and O–H groups in total. The van der Waals surface area contributed by atoms with Gasteiger partial charge in [0.15, 0.2) is 0 Å². The third-order valence-corrected chi connectivity index (χ3v) is 5.58. The molecule has 7 heteroatoms. The number of amides is 2. The summed E-state index contributed by atoms with van der Waals surface area (Å²) in [6, 6.07) is 11.8. The van der Waals surface area contributed by atoms with Gasteiger partial charge in [-0.3, -0.25) is 14.9 Å². The molecule has 156 valence electrons. The van der Waals surface area contributed by atoms with Crippen LogP contribution >= 0.6 is 0 Å². The van der Waals surface area contributed by atoms with E-state index in [4.69, 9.17) is 9.47 Å². The molecule has 7 nitrogen and oxygen atoms in total. The fourth-order valence-electron chi connectivity index (χ4n) is 4.24. The molecule has 1 aliphatic heterocycles. The predicted octanol–water partition coefficient (Wildman–Crippen LogP) is 3.51. The fraction of sp³-hybridized carbons (Fsp3) is 0.167. The first-order valence-corrected chi connectivity index (χ1v) is 9.89. The van der Waals surface area contributed by atoms with Crippen molar-refractivity contribution in [1.82, 2.24) is 15.3 Å². The minimum absolute atomic E-state index is 0.373. The van der Waals surface area contributed by atoms with Crippen LogP contribution in [0.4, 0.5) is 0 Å². The van der Waals surface area contributed by atoms with Crippen molar-refractivity contribution in [2.45, 2.75) is 13.2 Å². The summed E-state index contributed by atoms with van der Waals surface area (Å²) in [6.45, 7) is 0.995. The van der Waals surface area contributed by atoms with Crippen molar-refractivity contribution in [2.24, 2.45) is 0 Å². The van der Waals surface area contributed by atoms with Gasteiger partial charge in [0, 0.05) is 59.5 Å². The Morgan fingerprint density at radius 2 is 1.16 bits per heavy atom. The second-order valence-corrected chi connectivity index (χ2v) is 7.56. The van der Waals surface area contributed by atoms with E-state index >= 15 is 0 Å². The van der Waals surface area contributed by atoms with Crippen LogP contribution in [0.15, 0.2) is 48.8 Å². The van der Waals surface area contributed by atoms with Gasteiger partial charge in [0.2, 0.25) is 0 Å². The molecular weight excluding hydrogens is 394 g/mol. The van der Waals surface area contributed by atoms with E-state index in [-0.39, 0.29) is 0 Å². The summed E-state index contributed by atoms with van der Waals surface area (Å²) in [5.74, 6) is -0.792. The Morgan fingerprint density at radius 3 is 1.58 bits per heavy atom. The van der Waals surface area contributed by atoms with E-state index < -0.39 is 11.8 Å². The van der Waals surface area contributed by atoms with E-state index in [0.29, 0.717) is 35.5 Å². The highest BCUT2D eigenvalue weighted by Gasteiger charge is 2.34. The topological polar surface area (TPSA) is 96.2 Å². The van der Waals surface area contributed by atoms with Crippen molar-refractivity contribution in [3.63, 3.8) is 0 Å². The highest BCUT2D eigenvalue weighted by Crippen LogP contribution is 2.37. The number of carbonyl (C=O) groups excluding carboxylic acids is 2. The third kappa shape index (κ3) is 3.15. The summed E-state index contributed by atoms with van der Waals surface area (Å²) >= 11 is 0. The smallest absolute Gasteiger partial charge is 0.259 e. The quantitative estimate of drug-likeness (QED) is 0.420. The van der Waals surface area contributed by atoms with E-state index in [2.05, 4.69) is 15.3 Å². The van der Waals surface area contributed by atoms with E-state index in [1.807, 2.05) is 36.4 Å². The molecule has 0 fully saturated rings. The molecule has 1 aliphatic rings. The van der Waals surface area contributed by atoms with Crippen LogP contribution in [-0.4, -0.2) is 36.0 Å². The van der Waals surface area contributed by atoms with Crippen molar-refractivity contribution in [2.75, 3.05) is 14.2 Å². The molecule has 0 bridgehead atoms. The van der Waals surface area contributed by atoms with Gasteiger partial charge < -0.3 is 19.4 Å². The highest BCUT2D eigenvalue weighted by atomic mass is 16.5. The van der Waals surface area contributed by atoms with Crippen LogP contribution in [0.1, 0.15) is 22.3 Å². The summed E-state index contributed by atoms with van der Waals surface area (Å²) in [4.78, 5) is 32.1. The molecule has 3 heterocycles. The number of ether oxygens (including phenoxy) is 2. The van der Waals surface area contributed by atoms with Gasteiger partial charge in [0.05, 0.1) is 24.4 Å². The second kappa shape index (κ2) is 7.54. The first-order chi connectivity index (χ1) is 15.1. The van der Waals surface area contributed by atoms with Gasteiger partial charge in [-0.05, 0) is 23.3 Å². The Bertz CT molecular complexity index is 1270. The monoisotopic (exact) mass is 415 g/mol. The molecule has 0 saturated carbocycles. The van der Waals surface area contributed by atoms with Gasteiger partial charge >= 0.3 is 0 Å². The van der Waals surface area contributed by atoms with Crippen molar-refractivity contribution >= 4 is 44.8 Å². The maximum atomic E-state index is 12.8. The minimum atomic E-state index is -0.396. The second-order valence-electron chi connectivity index (χ2n) is 7.56. The lowest BCUT2D eigenvalue weighted by atomic mass is 9.95. The number of nitrogens with one attached hydrogen (secondary N) is 3. The van der Waals surface area contributed by atoms with Gasteiger partial charge in [-0.1, -0.05) is 24.3 Å². The number of fused-ring (bicyclic) bond motifs is 2. The Kier molecular flexibility index (Phi) is 4.69. The van der Waals surface area contributed by atoms with Crippen LogP contribution in [0.5, 0.6) is 0 Å². The average molecular weight is 415 g/mol. The van der Waals surface area contributed by atoms with Crippen molar-refractivity contribution in [3.8, 4) is 0 Å². The number of benzene rings is 2. The summed E-state index contributed by atoms with van der Waals surface area (Å²) in [7, 11) is 3.30. The summed E-state index contributed by atoms with van der Waals surface area (Å²) in [6.07, 6.45) is 3.56. The number of aromatic nitrogens is 2. The Labute approximate surface area is 178 Å². The van der Waals surface area contributed by atoms with E-state index in [1.54, 1.807) is 26.6 Å². The van der Waals surface area contributed by atoms with Gasteiger partial charge in [0.25, 0.3) is 11.8 Å². The zero-order valence-electron chi connectivity index (χ0n) is 17.2. The van der Waals surface area contributed by atoms with E-state index in [1.165, 1.54) is 0 Å². The van der Waals surface area contributed by atoms with E-state index in [0.717, 1.165) is 32.9 Å². The lowest BCUT2D eigenvalue weighted by Gasteiger charge is -2.05. The van der Waals surface area contributed by atoms with Crippen molar-refractivity contribution in [1.29, 1.82) is 0 Å². The number of carbonyl (C=O) groups is 2.